The fourth-order valence-electron chi connectivity index (χ4n) is 2.86. The molecule has 0 bridgehead atoms. The van der Waals surface area contributed by atoms with Crippen LogP contribution in [0.4, 0.5) is 0 Å². The summed E-state index contributed by atoms with van der Waals surface area (Å²) < 4.78 is 2.09. The summed E-state index contributed by atoms with van der Waals surface area (Å²) in [5, 5.41) is 0.590. The molecule has 0 spiro atoms. The molecule has 1 N–H and O–H groups in total. The molecule has 3 heterocycles. The third-order valence-electron chi connectivity index (χ3n) is 4.31. The van der Waals surface area contributed by atoms with E-state index in [0.717, 1.165) is 39.3 Å². The number of aromatic nitrogens is 3. The Bertz CT molecular complexity index is 760. The zero-order valence-electron chi connectivity index (χ0n) is 12.8. The van der Waals surface area contributed by atoms with Gasteiger partial charge in [-0.2, -0.15) is 0 Å². The van der Waals surface area contributed by atoms with E-state index >= 15 is 0 Å². The van der Waals surface area contributed by atoms with Crippen molar-refractivity contribution in [2.45, 2.75) is 13.5 Å². The predicted molar refractivity (Wildman–Crippen MR) is 89.7 cm³/mol. The maximum Gasteiger partial charge on any atom is 0.263 e. The van der Waals surface area contributed by atoms with E-state index in [2.05, 4.69) is 26.7 Å². The Kier molecular flexibility index (Phi) is 4.66. The van der Waals surface area contributed by atoms with E-state index in [0.29, 0.717) is 22.3 Å². The fourth-order valence-corrected chi connectivity index (χ4v) is 3.13. The Labute approximate surface area is 134 Å². The van der Waals surface area contributed by atoms with Crippen molar-refractivity contribution >= 4 is 23.3 Å². The average Bonchev–Trinajstić information content (AvgIpc) is 2.55. The first kappa shape index (κ1) is 15.3. The molecule has 0 aromatic carbocycles. The third-order valence-corrected chi connectivity index (χ3v) is 4.63. The monoisotopic (exact) mass is 319 g/mol. The van der Waals surface area contributed by atoms with Crippen LogP contribution in [0.2, 0.25) is 0 Å². The van der Waals surface area contributed by atoms with Gasteiger partial charge in [0.15, 0.2) is 4.77 Å². The maximum atomic E-state index is 12.5. The number of H-pyrrole nitrogens is 1. The Balaban J connectivity index is 1.75. The molecule has 22 heavy (non-hydrogen) atoms. The van der Waals surface area contributed by atoms with Crippen LogP contribution in [0.25, 0.3) is 11.0 Å². The Morgan fingerprint density at radius 1 is 1.23 bits per heavy atom. The van der Waals surface area contributed by atoms with Gasteiger partial charge in [-0.05, 0) is 30.9 Å². The van der Waals surface area contributed by atoms with Crippen LogP contribution < -0.4 is 5.56 Å². The molecule has 1 saturated heterocycles. The van der Waals surface area contributed by atoms with Gasteiger partial charge < -0.3 is 9.88 Å². The molecule has 0 aliphatic carbocycles. The minimum Gasteiger partial charge on any atom is -0.316 e. The van der Waals surface area contributed by atoms with Crippen molar-refractivity contribution in [1.82, 2.24) is 24.3 Å². The molecule has 0 saturated carbocycles. The smallest absolute Gasteiger partial charge is 0.263 e. The lowest BCUT2D eigenvalue weighted by molar-refractivity contribution is 0.133. The lowest BCUT2D eigenvalue weighted by atomic mass is 10.3. The molecule has 0 unspecified atom stereocenters. The second-order valence-corrected chi connectivity index (χ2v) is 5.95. The molecule has 6 nitrogen and oxygen atoms in total. The van der Waals surface area contributed by atoms with Crippen LogP contribution >= 0.6 is 12.2 Å². The van der Waals surface area contributed by atoms with Crippen LogP contribution in [0.3, 0.4) is 0 Å². The molecule has 1 aliphatic heterocycles. The molecule has 0 amide bonds. The first-order chi connectivity index (χ1) is 10.7. The molecule has 7 heteroatoms. The number of nitrogens with zero attached hydrogens (tertiary/aromatic N) is 4. The second-order valence-electron chi connectivity index (χ2n) is 5.56. The summed E-state index contributed by atoms with van der Waals surface area (Å²) in [5.74, 6) is 0. The van der Waals surface area contributed by atoms with Gasteiger partial charge in [0.1, 0.15) is 5.65 Å². The summed E-state index contributed by atoms with van der Waals surface area (Å²) in [6.45, 7) is 9.06. The van der Waals surface area contributed by atoms with Crippen molar-refractivity contribution in [2.24, 2.45) is 0 Å². The predicted octanol–water partition coefficient (Wildman–Crippen LogP) is 1.09. The highest BCUT2D eigenvalue weighted by atomic mass is 32.1. The lowest BCUT2D eigenvalue weighted by Crippen LogP contribution is -2.47. The average molecular weight is 319 g/mol. The van der Waals surface area contributed by atoms with E-state index in [1.54, 1.807) is 22.9 Å². The number of hydrogen-bond donors (Lipinski definition) is 1. The summed E-state index contributed by atoms with van der Waals surface area (Å²) in [5.41, 5.74) is 0.504. The van der Waals surface area contributed by atoms with Gasteiger partial charge in [0.2, 0.25) is 0 Å². The summed E-state index contributed by atoms with van der Waals surface area (Å²) >= 11 is 5.31. The molecular formula is C15H21N5OS. The van der Waals surface area contributed by atoms with Crippen molar-refractivity contribution in [1.29, 1.82) is 0 Å². The summed E-state index contributed by atoms with van der Waals surface area (Å²) in [7, 11) is 0. The maximum absolute atomic E-state index is 12.5. The molecule has 2 aromatic rings. The number of piperazine rings is 1. The van der Waals surface area contributed by atoms with Crippen LogP contribution in [0.5, 0.6) is 0 Å². The molecule has 1 aliphatic rings. The van der Waals surface area contributed by atoms with Gasteiger partial charge in [-0.15, -0.1) is 0 Å². The van der Waals surface area contributed by atoms with Gasteiger partial charge in [0, 0.05) is 45.5 Å². The van der Waals surface area contributed by atoms with E-state index in [4.69, 9.17) is 12.2 Å². The summed E-state index contributed by atoms with van der Waals surface area (Å²) in [6, 6.07) is 3.56. The molecule has 0 atom stereocenters. The summed E-state index contributed by atoms with van der Waals surface area (Å²) in [4.78, 5) is 24.6. The third kappa shape index (κ3) is 3.11. The standard InChI is InChI=1S/C15H21N5OS/c1-2-18-6-8-19(9-7-18)10-11-20-14(21)12-4-3-5-16-13(12)17-15(20)22/h3-5H,2,6-11H2,1H3,(H,16,17,22). The molecule has 0 radical (unpaired) electrons. The zero-order chi connectivity index (χ0) is 15.5. The Hall–Kier alpha value is -1.57. The van der Waals surface area contributed by atoms with Crippen LogP contribution in [0.15, 0.2) is 23.1 Å². The highest BCUT2D eigenvalue weighted by molar-refractivity contribution is 7.71. The molecular weight excluding hydrogens is 298 g/mol. The number of pyridine rings is 1. The SMILES string of the molecule is CCN1CCN(CCn2c(=S)[nH]c3ncccc3c2=O)CC1. The van der Waals surface area contributed by atoms with Gasteiger partial charge in [-0.3, -0.25) is 14.3 Å². The Morgan fingerprint density at radius 2 is 1.95 bits per heavy atom. The Morgan fingerprint density at radius 3 is 2.68 bits per heavy atom. The highest BCUT2D eigenvalue weighted by Gasteiger charge is 2.15. The van der Waals surface area contributed by atoms with Crippen LogP contribution in [-0.2, 0) is 6.54 Å². The first-order valence-electron chi connectivity index (χ1n) is 7.71. The lowest BCUT2D eigenvalue weighted by Gasteiger charge is -2.34. The van der Waals surface area contributed by atoms with Crippen LogP contribution in [0, 0.1) is 4.77 Å². The number of nitrogens with one attached hydrogen (secondary N) is 1. The number of aromatic amines is 1. The van der Waals surface area contributed by atoms with Crippen molar-refractivity contribution < 1.29 is 0 Å². The molecule has 3 rings (SSSR count). The molecule has 118 valence electrons. The van der Waals surface area contributed by atoms with E-state index in [9.17, 15) is 4.79 Å². The topological polar surface area (TPSA) is 57.2 Å². The molecule has 1 fully saturated rings. The van der Waals surface area contributed by atoms with Crippen molar-refractivity contribution in [3.8, 4) is 0 Å². The normalized spacial score (nSPS) is 17.1. The van der Waals surface area contributed by atoms with Gasteiger partial charge >= 0.3 is 0 Å². The quantitative estimate of drug-likeness (QED) is 0.855. The largest absolute Gasteiger partial charge is 0.316 e. The second kappa shape index (κ2) is 6.68. The van der Waals surface area contributed by atoms with E-state index < -0.39 is 0 Å². The molecule has 2 aromatic heterocycles. The minimum absolute atomic E-state index is 0.0564. The highest BCUT2D eigenvalue weighted by Crippen LogP contribution is 2.04. The summed E-state index contributed by atoms with van der Waals surface area (Å²) in [6.07, 6.45) is 1.66. The number of hydrogen-bond acceptors (Lipinski definition) is 5. The number of rotatable bonds is 4. The minimum atomic E-state index is -0.0564. The van der Waals surface area contributed by atoms with Gasteiger partial charge in [-0.1, -0.05) is 6.92 Å². The van der Waals surface area contributed by atoms with E-state index in [-0.39, 0.29) is 5.56 Å². The van der Waals surface area contributed by atoms with Crippen LogP contribution in [0.1, 0.15) is 6.92 Å². The van der Waals surface area contributed by atoms with Gasteiger partial charge in [0.25, 0.3) is 5.56 Å². The van der Waals surface area contributed by atoms with Gasteiger partial charge in [0.05, 0.1) is 5.39 Å². The first-order valence-corrected chi connectivity index (χ1v) is 8.12. The van der Waals surface area contributed by atoms with Crippen molar-refractivity contribution in [2.75, 3.05) is 39.3 Å². The van der Waals surface area contributed by atoms with Crippen LogP contribution in [-0.4, -0.2) is 63.6 Å². The van der Waals surface area contributed by atoms with Gasteiger partial charge in [-0.25, -0.2) is 4.98 Å². The van der Waals surface area contributed by atoms with E-state index in [1.165, 1.54) is 0 Å². The van der Waals surface area contributed by atoms with E-state index in [1.807, 2.05) is 0 Å². The van der Waals surface area contributed by atoms with Crippen molar-refractivity contribution in [3.63, 3.8) is 0 Å². The van der Waals surface area contributed by atoms with Crippen molar-refractivity contribution in [3.05, 3.63) is 33.5 Å². The fraction of sp³-hybridized carbons (Fsp3) is 0.533. The number of likely N-dealkylation sites (N-methyl/N-ethyl adjacent to an activating group) is 1. The number of fused-ring (bicyclic) bond motifs is 1. The zero-order valence-corrected chi connectivity index (χ0v) is 13.6.